The molecule has 0 aromatic heterocycles. The van der Waals surface area contributed by atoms with Gasteiger partial charge in [0.15, 0.2) is 5.96 Å². The SMILES string of the molecule is CCCNC(=NC)NCC1CCCN(C(C)C)C1. The average molecular weight is 254 g/mol. The highest BCUT2D eigenvalue weighted by molar-refractivity contribution is 5.79. The summed E-state index contributed by atoms with van der Waals surface area (Å²) in [6.07, 6.45) is 3.79. The molecule has 0 aromatic carbocycles. The molecule has 0 amide bonds. The topological polar surface area (TPSA) is 39.7 Å². The van der Waals surface area contributed by atoms with Crippen molar-refractivity contribution in [3.05, 3.63) is 0 Å². The van der Waals surface area contributed by atoms with E-state index in [0.717, 1.165) is 31.4 Å². The van der Waals surface area contributed by atoms with E-state index in [1.54, 1.807) is 0 Å². The number of rotatable bonds is 5. The van der Waals surface area contributed by atoms with E-state index in [-0.39, 0.29) is 0 Å². The molecule has 0 bridgehead atoms. The average Bonchev–Trinajstić information content (AvgIpc) is 2.39. The van der Waals surface area contributed by atoms with Gasteiger partial charge >= 0.3 is 0 Å². The van der Waals surface area contributed by atoms with Gasteiger partial charge in [-0.2, -0.15) is 0 Å². The van der Waals surface area contributed by atoms with Crippen LogP contribution in [-0.4, -0.2) is 50.1 Å². The van der Waals surface area contributed by atoms with Gasteiger partial charge in [0, 0.05) is 32.7 Å². The van der Waals surface area contributed by atoms with Crippen LogP contribution < -0.4 is 10.6 Å². The Morgan fingerprint density at radius 3 is 2.78 bits per heavy atom. The molecule has 0 saturated carbocycles. The summed E-state index contributed by atoms with van der Waals surface area (Å²) in [5.41, 5.74) is 0. The molecule has 18 heavy (non-hydrogen) atoms. The summed E-state index contributed by atoms with van der Waals surface area (Å²) in [6.45, 7) is 11.2. The first kappa shape index (κ1) is 15.3. The summed E-state index contributed by atoms with van der Waals surface area (Å²) < 4.78 is 0. The molecule has 1 saturated heterocycles. The highest BCUT2D eigenvalue weighted by Gasteiger charge is 2.21. The Morgan fingerprint density at radius 2 is 2.17 bits per heavy atom. The minimum absolute atomic E-state index is 0.672. The molecule has 1 heterocycles. The molecule has 1 rings (SSSR count). The van der Waals surface area contributed by atoms with Crippen molar-refractivity contribution in [1.29, 1.82) is 0 Å². The molecule has 1 aliphatic heterocycles. The Morgan fingerprint density at radius 1 is 1.39 bits per heavy atom. The van der Waals surface area contributed by atoms with Gasteiger partial charge in [0.1, 0.15) is 0 Å². The molecule has 0 radical (unpaired) electrons. The molecular weight excluding hydrogens is 224 g/mol. The minimum atomic E-state index is 0.672. The zero-order chi connectivity index (χ0) is 13.4. The highest BCUT2D eigenvalue weighted by Crippen LogP contribution is 2.17. The fourth-order valence-electron chi connectivity index (χ4n) is 2.44. The van der Waals surface area contributed by atoms with Crippen molar-refractivity contribution in [2.24, 2.45) is 10.9 Å². The highest BCUT2D eigenvalue weighted by atomic mass is 15.2. The lowest BCUT2D eigenvalue weighted by Gasteiger charge is -2.35. The summed E-state index contributed by atoms with van der Waals surface area (Å²) >= 11 is 0. The van der Waals surface area contributed by atoms with Crippen molar-refractivity contribution >= 4 is 5.96 Å². The molecule has 2 N–H and O–H groups in total. The maximum Gasteiger partial charge on any atom is 0.190 e. The van der Waals surface area contributed by atoms with Gasteiger partial charge < -0.3 is 15.5 Å². The van der Waals surface area contributed by atoms with Crippen LogP contribution in [0.5, 0.6) is 0 Å². The normalized spacial score (nSPS) is 22.3. The predicted octanol–water partition coefficient (Wildman–Crippen LogP) is 1.68. The fraction of sp³-hybridized carbons (Fsp3) is 0.929. The fourth-order valence-corrected chi connectivity index (χ4v) is 2.44. The summed E-state index contributed by atoms with van der Waals surface area (Å²) in [5, 5.41) is 6.76. The lowest BCUT2D eigenvalue weighted by molar-refractivity contribution is 0.141. The van der Waals surface area contributed by atoms with E-state index in [9.17, 15) is 0 Å². The lowest BCUT2D eigenvalue weighted by atomic mass is 9.97. The third-order valence-electron chi connectivity index (χ3n) is 3.60. The lowest BCUT2D eigenvalue weighted by Crippen LogP contribution is -2.46. The van der Waals surface area contributed by atoms with Gasteiger partial charge in [0.2, 0.25) is 0 Å². The van der Waals surface area contributed by atoms with Crippen LogP contribution in [0.2, 0.25) is 0 Å². The maximum atomic E-state index is 4.24. The van der Waals surface area contributed by atoms with Crippen molar-refractivity contribution in [2.75, 3.05) is 33.2 Å². The van der Waals surface area contributed by atoms with Gasteiger partial charge in [-0.15, -0.1) is 0 Å². The van der Waals surface area contributed by atoms with Crippen molar-refractivity contribution in [2.45, 2.75) is 46.1 Å². The zero-order valence-corrected chi connectivity index (χ0v) is 12.5. The van der Waals surface area contributed by atoms with Crippen molar-refractivity contribution in [3.63, 3.8) is 0 Å². The van der Waals surface area contributed by atoms with E-state index in [0.29, 0.717) is 6.04 Å². The first-order chi connectivity index (χ1) is 8.67. The first-order valence-electron chi connectivity index (χ1n) is 7.36. The Balaban J connectivity index is 2.29. The standard InChI is InChI=1S/C14H30N4/c1-5-8-16-14(15-4)17-10-13-7-6-9-18(11-13)12(2)3/h12-13H,5-11H2,1-4H3,(H2,15,16,17). The summed E-state index contributed by atoms with van der Waals surface area (Å²) in [7, 11) is 1.84. The van der Waals surface area contributed by atoms with Crippen molar-refractivity contribution < 1.29 is 0 Å². The molecule has 1 fully saturated rings. The van der Waals surface area contributed by atoms with E-state index in [1.165, 1.54) is 25.9 Å². The Kier molecular flexibility index (Phi) is 7.09. The summed E-state index contributed by atoms with van der Waals surface area (Å²) in [4.78, 5) is 6.83. The van der Waals surface area contributed by atoms with Crippen LogP contribution in [0.25, 0.3) is 0 Å². The number of piperidine rings is 1. The van der Waals surface area contributed by atoms with Crippen LogP contribution >= 0.6 is 0 Å². The maximum absolute atomic E-state index is 4.24. The molecular formula is C14H30N4. The molecule has 106 valence electrons. The molecule has 1 unspecified atom stereocenters. The second kappa shape index (κ2) is 8.35. The molecule has 4 heteroatoms. The molecule has 0 aliphatic carbocycles. The Labute approximate surface area is 112 Å². The second-order valence-electron chi connectivity index (χ2n) is 5.48. The monoisotopic (exact) mass is 254 g/mol. The van der Waals surface area contributed by atoms with E-state index >= 15 is 0 Å². The summed E-state index contributed by atoms with van der Waals surface area (Å²) in [5.74, 6) is 1.69. The number of likely N-dealkylation sites (tertiary alicyclic amines) is 1. The first-order valence-corrected chi connectivity index (χ1v) is 7.36. The summed E-state index contributed by atoms with van der Waals surface area (Å²) in [6, 6.07) is 0.672. The van der Waals surface area contributed by atoms with Crippen LogP contribution in [0, 0.1) is 5.92 Å². The van der Waals surface area contributed by atoms with E-state index < -0.39 is 0 Å². The quantitative estimate of drug-likeness (QED) is 0.579. The molecule has 0 spiro atoms. The third kappa shape index (κ3) is 5.25. The van der Waals surface area contributed by atoms with Gasteiger partial charge in [-0.1, -0.05) is 6.92 Å². The number of nitrogens with one attached hydrogen (secondary N) is 2. The van der Waals surface area contributed by atoms with Crippen molar-refractivity contribution in [3.8, 4) is 0 Å². The van der Waals surface area contributed by atoms with Gasteiger partial charge in [0.05, 0.1) is 0 Å². The van der Waals surface area contributed by atoms with E-state index in [4.69, 9.17) is 0 Å². The molecule has 1 atom stereocenters. The molecule has 1 aliphatic rings. The van der Waals surface area contributed by atoms with Gasteiger partial charge in [-0.25, -0.2) is 0 Å². The smallest absolute Gasteiger partial charge is 0.190 e. The zero-order valence-electron chi connectivity index (χ0n) is 12.5. The molecule has 4 nitrogen and oxygen atoms in total. The van der Waals surface area contributed by atoms with Gasteiger partial charge in [-0.05, 0) is 45.6 Å². The predicted molar refractivity (Wildman–Crippen MR) is 79.1 cm³/mol. The van der Waals surface area contributed by atoms with Crippen LogP contribution in [0.3, 0.4) is 0 Å². The van der Waals surface area contributed by atoms with E-state index in [2.05, 4.69) is 41.3 Å². The van der Waals surface area contributed by atoms with Crippen LogP contribution in [0.1, 0.15) is 40.0 Å². The largest absolute Gasteiger partial charge is 0.356 e. The second-order valence-corrected chi connectivity index (χ2v) is 5.48. The van der Waals surface area contributed by atoms with Crippen molar-refractivity contribution in [1.82, 2.24) is 15.5 Å². The van der Waals surface area contributed by atoms with Gasteiger partial charge in [0.25, 0.3) is 0 Å². The minimum Gasteiger partial charge on any atom is -0.356 e. The van der Waals surface area contributed by atoms with Crippen LogP contribution in [0.15, 0.2) is 4.99 Å². The number of guanidine groups is 1. The van der Waals surface area contributed by atoms with Crippen LogP contribution in [-0.2, 0) is 0 Å². The molecule has 0 aromatic rings. The number of nitrogens with zero attached hydrogens (tertiary/aromatic N) is 2. The number of hydrogen-bond donors (Lipinski definition) is 2. The van der Waals surface area contributed by atoms with Crippen LogP contribution in [0.4, 0.5) is 0 Å². The number of aliphatic imine (C=N–C) groups is 1. The van der Waals surface area contributed by atoms with Gasteiger partial charge in [-0.3, -0.25) is 4.99 Å². The van der Waals surface area contributed by atoms with E-state index in [1.807, 2.05) is 7.05 Å². The third-order valence-corrected chi connectivity index (χ3v) is 3.60. The number of hydrogen-bond acceptors (Lipinski definition) is 2. The Bertz CT molecular complexity index is 250. The Hall–Kier alpha value is -0.770.